The lowest BCUT2D eigenvalue weighted by atomic mass is 10.2. The van der Waals surface area contributed by atoms with Crippen LogP contribution in [-0.2, 0) is 13.0 Å². The smallest absolute Gasteiger partial charge is 0.166 e. The van der Waals surface area contributed by atoms with Gasteiger partial charge in [-0.3, -0.25) is 0 Å². The molecule has 1 aliphatic rings. The Kier molecular flexibility index (Phi) is 4.42. The molecule has 2 aromatic rings. The normalized spacial score (nSPS) is 13.5. The summed E-state index contributed by atoms with van der Waals surface area (Å²) < 4.78 is 11.6. The molecule has 5 heteroatoms. The Morgan fingerprint density at radius 2 is 2.05 bits per heavy atom. The first kappa shape index (κ1) is 14.6. The van der Waals surface area contributed by atoms with Crippen molar-refractivity contribution in [3.8, 4) is 11.5 Å². The van der Waals surface area contributed by atoms with Crippen LogP contribution in [0.3, 0.4) is 0 Å². The molecule has 0 bridgehead atoms. The number of para-hydroxylation sites is 1. The van der Waals surface area contributed by atoms with Crippen molar-refractivity contribution in [2.75, 3.05) is 18.5 Å². The monoisotopic (exact) mass is 299 g/mol. The summed E-state index contributed by atoms with van der Waals surface area (Å²) in [6.45, 7) is 6.04. The molecule has 0 fully saturated rings. The summed E-state index contributed by atoms with van der Waals surface area (Å²) in [6.07, 6.45) is 1.81. The van der Waals surface area contributed by atoms with Gasteiger partial charge in [0.1, 0.15) is 11.6 Å². The summed E-state index contributed by atoms with van der Waals surface area (Å²) in [5.41, 5.74) is 2.12. The zero-order chi connectivity index (χ0) is 15.4. The Morgan fingerprint density at radius 1 is 1.18 bits per heavy atom. The van der Waals surface area contributed by atoms with Crippen LogP contribution in [-0.4, -0.2) is 23.2 Å². The van der Waals surface area contributed by atoms with Gasteiger partial charge in [-0.2, -0.15) is 0 Å². The topological polar surface area (TPSA) is 56.3 Å². The lowest BCUT2D eigenvalue weighted by Gasteiger charge is -2.13. The first-order chi connectivity index (χ1) is 10.8. The third kappa shape index (κ3) is 3.30. The number of ether oxygens (including phenoxy) is 2. The molecule has 1 N–H and O–H groups in total. The number of fused-ring (bicyclic) bond motifs is 1. The molecule has 0 radical (unpaired) electrons. The van der Waals surface area contributed by atoms with Crippen LogP contribution in [0, 0.1) is 6.92 Å². The van der Waals surface area contributed by atoms with Crippen LogP contribution in [0.5, 0.6) is 11.5 Å². The fraction of sp³-hybridized carbons (Fsp3) is 0.412. The van der Waals surface area contributed by atoms with Crippen LogP contribution in [0.25, 0.3) is 0 Å². The molecule has 0 amide bonds. The van der Waals surface area contributed by atoms with E-state index in [1.807, 2.05) is 25.1 Å². The van der Waals surface area contributed by atoms with Gasteiger partial charge < -0.3 is 14.8 Å². The summed E-state index contributed by atoms with van der Waals surface area (Å²) in [7, 11) is 0. The SMILES string of the molecule is CCc1cc(NCc2cccc3c2OCCCO3)nc(C)n1. The molecule has 2 heterocycles. The molecule has 0 atom stereocenters. The van der Waals surface area contributed by atoms with Crippen LogP contribution >= 0.6 is 0 Å². The van der Waals surface area contributed by atoms with Gasteiger partial charge in [0, 0.05) is 30.3 Å². The largest absolute Gasteiger partial charge is 0.490 e. The Labute approximate surface area is 130 Å². The zero-order valence-corrected chi connectivity index (χ0v) is 13.1. The highest BCUT2D eigenvalue weighted by Crippen LogP contribution is 2.33. The second-order valence-electron chi connectivity index (χ2n) is 5.29. The second kappa shape index (κ2) is 6.64. The minimum Gasteiger partial charge on any atom is -0.490 e. The van der Waals surface area contributed by atoms with E-state index in [4.69, 9.17) is 9.47 Å². The van der Waals surface area contributed by atoms with Gasteiger partial charge >= 0.3 is 0 Å². The fourth-order valence-electron chi connectivity index (χ4n) is 2.48. The third-order valence-corrected chi connectivity index (χ3v) is 3.57. The molecular weight excluding hydrogens is 278 g/mol. The number of rotatable bonds is 4. The van der Waals surface area contributed by atoms with Crippen molar-refractivity contribution in [1.29, 1.82) is 0 Å². The molecule has 5 nitrogen and oxygen atoms in total. The van der Waals surface area contributed by atoms with Crippen molar-refractivity contribution >= 4 is 5.82 Å². The predicted octanol–water partition coefficient (Wildman–Crippen LogP) is 3.12. The molecular formula is C17H21N3O2. The van der Waals surface area contributed by atoms with E-state index in [0.29, 0.717) is 19.8 Å². The molecule has 0 saturated heterocycles. The summed E-state index contributed by atoms with van der Waals surface area (Å²) in [5, 5.41) is 3.36. The van der Waals surface area contributed by atoms with Crippen molar-refractivity contribution < 1.29 is 9.47 Å². The number of nitrogens with one attached hydrogen (secondary N) is 1. The van der Waals surface area contributed by atoms with Crippen molar-refractivity contribution in [3.63, 3.8) is 0 Å². The van der Waals surface area contributed by atoms with Gasteiger partial charge in [-0.1, -0.05) is 19.1 Å². The van der Waals surface area contributed by atoms with Crippen molar-refractivity contribution in [2.24, 2.45) is 0 Å². The van der Waals surface area contributed by atoms with Crippen molar-refractivity contribution in [2.45, 2.75) is 33.2 Å². The average Bonchev–Trinajstić information content (AvgIpc) is 2.78. The molecule has 1 aliphatic heterocycles. The highest BCUT2D eigenvalue weighted by atomic mass is 16.5. The number of anilines is 1. The van der Waals surface area contributed by atoms with E-state index < -0.39 is 0 Å². The zero-order valence-electron chi connectivity index (χ0n) is 13.1. The second-order valence-corrected chi connectivity index (χ2v) is 5.29. The molecule has 0 spiro atoms. The van der Waals surface area contributed by atoms with Gasteiger partial charge in [0.15, 0.2) is 11.5 Å². The number of aryl methyl sites for hydroxylation is 2. The highest BCUT2D eigenvalue weighted by Gasteiger charge is 2.14. The minimum atomic E-state index is 0.645. The van der Waals surface area contributed by atoms with E-state index >= 15 is 0 Å². The van der Waals surface area contributed by atoms with Crippen LogP contribution in [0.15, 0.2) is 24.3 Å². The quantitative estimate of drug-likeness (QED) is 0.940. The Balaban J connectivity index is 1.78. The maximum Gasteiger partial charge on any atom is 0.166 e. The van der Waals surface area contributed by atoms with E-state index in [-0.39, 0.29) is 0 Å². The van der Waals surface area contributed by atoms with E-state index in [9.17, 15) is 0 Å². The van der Waals surface area contributed by atoms with Crippen LogP contribution in [0.1, 0.15) is 30.4 Å². The average molecular weight is 299 g/mol. The maximum absolute atomic E-state index is 5.84. The van der Waals surface area contributed by atoms with E-state index in [1.54, 1.807) is 0 Å². The maximum atomic E-state index is 5.84. The number of aromatic nitrogens is 2. The van der Waals surface area contributed by atoms with Gasteiger partial charge in [0.2, 0.25) is 0 Å². The first-order valence-electron chi connectivity index (χ1n) is 7.72. The van der Waals surface area contributed by atoms with E-state index in [1.165, 1.54) is 0 Å². The summed E-state index contributed by atoms with van der Waals surface area (Å²) >= 11 is 0. The lowest BCUT2D eigenvalue weighted by molar-refractivity contribution is 0.296. The van der Waals surface area contributed by atoms with Crippen LogP contribution < -0.4 is 14.8 Å². The molecule has 0 saturated carbocycles. The molecule has 1 aromatic heterocycles. The Hall–Kier alpha value is -2.30. The number of hydrogen-bond donors (Lipinski definition) is 1. The highest BCUT2D eigenvalue weighted by molar-refractivity contribution is 5.49. The number of benzene rings is 1. The number of nitrogens with zero attached hydrogens (tertiary/aromatic N) is 2. The minimum absolute atomic E-state index is 0.645. The predicted molar refractivity (Wildman–Crippen MR) is 85.5 cm³/mol. The van der Waals surface area contributed by atoms with Gasteiger partial charge in [0.25, 0.3) is 0 Å². The molecule has 116 valence electrons. The fourth-order valence-corrected chi connectivity index (χ4v) is 2.48. The Bertz CT molecular complexity index is 658. The third-order valence-electron chi connectivity index (χ3n) is 3.57. The van der Waals surface area contributed by atoms with Crippen molar-refractivity contribution in [1.82, 2.24) is 9.97 Å². The summed E-state index contributed by atoms with van der Waals surface area (Å²) in [4.78, 5) is 8.83. The van der Waals surface area contributed by atoms with Gasteiger partial charge in [-0.15, -0.1) is 0 Å². The summed E-state index contributed by atoms with van der Waals surface area (Å²) in [6, 6.07) is 7.99. The van der Waals surface area contributed by atoms with E-state index in [2.05, 4.69) is 28.3 Å². The first-order valence-corrected chi connectivity index (χ1v) is 7.72. The summed E-state index contributed by atoms with van der Waals surface area (Å²) in [5.74, 6) is 3.30. The molecule has 0 unspecified atom stereocenters. The molecule has 22 heavy (non-hydrogen) atoms. The van der Waals surface area contributed by atoms with E-state index in [0.717, 1.165) is 47.2 Å². The Morgan fingerprint density at radius 3 is 2.91 bits per heavy atom. The lowest BCUT2D eigenvalue weighted by Crippen LogP contribution is -2.06. The van der Waals surface area contributed by atoms with Crippen molar-refractivity contribution in [3.05, 3.63) is 41.3 Å². The van der Waals surface area contributed by atoms with Crippen LogP contribution in [0.4, 0.5) is 5.82 Å². The van der Waals surface area contributed by atoms with Gasteiger partial charge in [0.05, 0.1) is 13.2 Å². The standard InChI is InChI=1S/C17H21N3O2/c1-3-14-10-16(20-12(2)19-14)18-11-13-6-4-7-15-17(13)22-9-5-8-21-15/h4,6-7,10H,3,5,8-9,11H2,1-2H3,(H,18,19,20). The van der Waals surface area contributed by atoms with Gasteiger partial charge in [-0.05, 0) is 19.4 Å². The molecule has 1 aromatic carbocycles. The molecule has 0 aliphatic carbocycles. The van der Waals surface area contributed by atoms with Gasteiger partial charge in [-0.25, -0.2) is 9.97 Å². The molecule has 3 rings (SSSR count). The number of hydrogen-bond acceptors (Lipinski definition) is 5. The van der Waals surface area contributed by atoms with Crippen LogP contribution in [0.2, 0.25) is 0 Å².